The number of amides is 1. The topological polar surface area (TPSA) is 103 Å². The number of nitrogens with zero attached hydrogens (tertiary/aromatic N) is 3. The Morgan fingerprint density at radius 2 is 2.21 bits per heavy atom. The molecule has 3 heterocycles. The quantitative estimate of drug-likeness (QED) is 0.692. The fourth-order valence-corrected chi connectivity index (χ4v) is 5.36. The van der Waals surface area contributed by atoms with Gasteiger partial charge in [-0.1, -0.05) is 27.2 Å². The first-order chi connectivity index (χ1) is 13.9. The fraction of sp³-hybridized carbons (Fsp3) is 0.524. The van der Waals surface area contributed by atoms with Crippen molar-refractivity contribution in [2.45, 2.75) is 59.4 Å². The number of thiophene rings is 1. The molecule has 3 atom stereocenters. The van der Waals surface area contributed by atoms with E-state index in [1.165, 1.54) is 4.88 Å². The van der Waals surface area contributed by atoms with Gasteiger partial charge in [0, 0.05) is 4.88 Å². The van der Waals surface area contributed by atoms with Crippen LogP contribution in [0.2, 0.25) is 0 Å². The SMILES string of the molecule is CCC(C)C1Nc2nc(C)nc(Nc3sc4c(c3C#N)CCC(C)C4)c2NC1=O. The highest BCUT2D eigenvalue weighted by molar-refractivity contribution is 7.16. The molecular formula is C21H26N6OS. The Kier molecular flexibility index (Phi) is 5.17. The Morgan fingerprint density at radius 1 is 1.41 bits per heavy atom. The summed E-state index contributed by atoms with van der Waals surface area (Å²) >= 11 is 1.62. The third kappa shape index (κ3) is 3.55. The standard InChI is InChI=1S/C21H26N6OS/c1-5-11(3)16-20(28)26-17-18(25-16)23-12(4)24-19(17)27-21-14(9-22)13-7-6-10(2)8-15(13)29-21/h10-11,16H,5-8H2,1-4H3,(H,26,28)(H2,23,24,25,27). The van der Waals surface area contributed by atoms with Crippen molar-refractivity contribution in [2.24, 2.45) is 11.8 Å². The van der Waals surface area contributed by atoms with Gasteiger partial charge in [-0.2, -0.15) is 5.26 Å². The third-order valence-corrected chi connectivity index (χ3v) is 7.08. The molecule has 0 saturated carbocycles. The fourth-order valence-electron chi connectivity index (χ4n) is 4.00. The van der Waals surface area contributed by atoms with Gasteiger partial charge in [0.25, 0.3) is 0 Å². The van der Waals surface area contributed by atoms with Crippen molar-refractivity contribution >= 4 is 39.6 Å². The summed E-state index contributed by atoms with van der Waals surface area (Å²) in [6.07, 6.45) is 3.94. The zero-order valence-electron chi connectivity index (χ0n) is 17.2. The van der Waals surface area contributed by atoms with Gasteiger partial charge in [-0.25, -0.2) is 9.97 Å². The number of hydrogen-bond acceptors (Lipinski definition) is 7. The number of nitriles is 1. The average molecular weight is 411 g/mol. The van der Waals surface area contributed by atoms with Crippen molar-refractivity contribution in [3.05, 3.63) is 21.8 Å². The maximum atomic E-state index is 12.7. The van der Waals surface area contributed by atoms with Crippen molar-refractivity contribution in [3.8, 4) is 6.07 Å². The molecule has 7 nitrogen and oxygen atoms in total. The molecule has 4 rings (SSSR count). The molecule has 29 heavy (non-hydrogen) atoms. The van der Waals surface area contributed by atoms with Gasteiger partial charge < -0.3 is 16.0 Å². The highest BCUT2D eigenvalue weighted by Gasteiger charge is 2.33. The van der Waals surface area contributed by atoms with E-state index < -0.39 is 0 Å². The number of carbonyl (C=O) groups excluding carboxylic acids is 1. The molecule has 0 aromatic carbocycles. The summed E-state index contributed by atoms with van der Waals surface area (Å²) < 4.78 is 0. The van der Waals surface area contributed by atoms with Gasteiger partial charge in [0.15, 0.2) is 11.6 Å². The first-order valence-corrected chi connectivity index (χ1v) is 11.0. The van der Waals surface area contributed by atoms with Crippen molar-refractivity contribution in [2.75, 3.05) is 16.0 Å². The number of nitrogens with one attached hydrogen (secondary N) is 3. The molecule has 1 aliphatic heterocycles. The minimum absolute atomic E-state index is 0.0813. The maximum Gasteiger partial charge on any atom is 0.247 e. The Hall–Kier alpha value is -2.66. The van der Waals surface area contributed by atoms with E-state index in [2.05, 4.69) is 45.8 Å². The van der Waals surface area contributed by atoms with Crippen LogP contribution < -0.4 is 16.0 Å². The molecule has 0 spiro atoms. The smallest absolute Gasteiger partial charge is 0.247 e. The Bertz CT molecular complexity index is 1010. The molecule has 0 saturated heterocycles. The normalized spacial score (nSPS) is 21.3. The zero-order valence-corrected chi connectivity index (χ0v) is 18.0. The zero-order chi connectivity index (χ0) is 20.7. The molecule has 1 aliphatic carbocycles. The number of fused-ring (bicyclic) bond motifs is 2. The van der Waals surface area contributed by atoms with Gasteiger partial charge in [-0.3, -0.25) is 4.79 Å². The van der Waals surface area contributed by atoms with Crippen LogP contribution >= 0.6 is 11.3 Å². The Balaban J connectivity index is 1.71. The van der Waals surface area contributed by atoms with Crippen LogP contribution in [0.5, 0.6) is 0 Å². The van der Waals surface area contributed by atoms with Crippen molar-refractivity contribution < 1.29 is 4.79 Å². The number of hydrogen-bond donors (Lipinski definition) is 3. The average Bonchev–Trinajstić information content (AvgIpc) is 3.03. The molecule has 3 N–H and O–H groups in total. The summed E-state index contributed by atoms with van der Waals surface area (Å²) in [6.45, 7) is 8.19. The van der Waals surface area contributed by atoms with E-state index in [4.69, 9.17) is 0 Å². The maximum absolute atomic E-state index is 12.7. The molecule has 8 heteroatoms. The van der Waals surface area contributed by atoms with E-state index >= 15 is 0 Å². The van der Waals surface area contributed by atoms with Crippen LogP contribution in [-0.4, -0.2) is 21.9 Å². The highest BCUT2D eigenvalue weighted by atomic mass is 32.1. The summed E-state index contributed by atoms with van der Waals surface area (Å²) in [5.41, 5.74) is 2.41. The molecule has 3 unspecified atom stereocenters. The van der Waals surface area contributed by atoms with E-state index in [1.807, 2.05) is 13.8 Å². The van der Waals surface area contributed by atoms with Crippen LogP contribution in [0.1, 0.15) is 55.4 Å². The molecule has 0 fully saturated rings. The number of carbonyl (C=O) groups is 1. The van der Waals surface area contributed by atoms with Crippen molar-refractivity contribution in [1.82, 2.24) is 9.97 Å². The van der Waals surface area contributed by atoms with Gasteiger partial charge in [0.05, 0.1) is 5.56 Å². The lowest BCUT2D eigenvalue weighted by atomic mass is 9.89. The lowest BCUT2D eigenvalue weighted by molar-refractivity contribution is -0.118. The summed E-state index contributed by atoms with van der Waals surface area (Å²) in [7, 11) is 0. The van der Waals surface area contributed by atoms with Crippen LogP contribution in [0.15, 0.2) is 0 Å². The largest absolute Gasteiger partial charge is 0.356 e. The second-order valence-corrected chi connectivity index (χ2v) is 9.24. The molecule has 2 aromatic heterocycles. The van der Waals surface area contributed by atoms with E-state index in [0.29, 0.717) is 34.6 Å². The molecule has 152 valence electrons. The van der Waals surface area contributed by atoms with Crippen LogP contribution in [-0.2, 0) is 17.6 Å². The van der Waals surface area contributed by atoms with Crippen LogP contribution in [0.4, 0.5) is 22.3 Å². The van der Waals surface area contributed by atoms with E-state index in [0.717, 1.165) is 36.2 Å². The first-order valence-electron chi connectivity index (χ1n) is 10.2. The molecule has 2 aromatic rings. The second-order valence-electron chi connectivity index (χ2n) is 8.13. The number of rotatable bonds is 4. The van der Waals surface area contributed by atoms with Crippen LogP contribution in [0.3, 0.4) is 0 Å². The predicted octanol–water partition coefficient (Wildman–Crippen LogP) is 4.37. The number of anilines is 4. The van der Waals surface area contributed by atoms with E-state index in [1.54, 1.807) is 11.3 Å². The summed E-state index contributed by atoms with van der Waals surface area (Å²) in [4.78, 5) is 23.0. The van der Waals surface area contributed by atoms with Crippen molar-refractivity contribution in [3.63, 3.8) is 0 Å². The van der Waals surface area contributed by atoms with Gasteiger partial charge in [0.1, 0.15) is 28.6 Å². The Morgan fingerprint density at radius 3 is 2.93 bits per heavy atom. The van der Waals surface area contributed by atoms with E-state index in [9.17, 15) is 10.1 Å². The first kappa shape index (κ1) is 19.6. The minimum Gasteiger partial charge on any atom is -0.356 e. The van der Waals surface area contributed by atoms with E-state index in [-0.39, 0.29) is 17.9 Å². The van der Waals surface area contributed by atoms with Gasteiger partial charge in [-0.05, 0) is 43.6 Å². The molecule has 0 bridgehead atoms. The van der Waals surface area contributed by atoms with Gasteiger partial charge in [0.2, 0.25) is 5.91 Å². The van der Waals surface area contributed by atoms with Gasteiger partial charge in [-0.15, -0.1) is 11.3 Å². The highest BCUT2D eigenvalue weighted by Crippen LogP contribution is 2.42. The summed E-state index contributed by atoms with van der Waals surface area (Å²) in [5.74, 6) is 2.49. The summed E-state index contributed by atoms with van der Waals surface area (Å²) in [5, 5.41) is 20.2. The number of aryl methyl sites for hydroxylation is 1. The molecule has 0 radical (unpaired) electrons. The predicted molar refractivity (Wildman–Crippen MR) is 116 cm³/mol. The summed E-state index contributed by atoms with van der Waals surface area (Å²) in [6, 6.07) is 2.05. The van der Waals surface area contributed by atoms with Crippen molar-refractivity contribution in [1.29, 1.82) is 5.26 Å². The lowest BCUT2D eigenvalue weighted by Gasteiger charge is -2.30. The third-order valence-electron chi connectivity index (χ3n) is 5.91. The minimum atomic E-state index is -0.320. The molecule has 1 amide bonds. The molecular weight excluding hydrogens is 384 g/mol. The molecule has 2 aliphatic rings. The monoisotopic (exact) mass is 410 g/mol. The number of aromatic nitrogens is 2. The Labute approximate surface area is 175 Å². The van der Waals surface area contributed by atoms with Gasteiger partial charge >= 0.3 is 0 Å². The van der Waals surface area contributed by atoms with Crippen LogP contribution in [0, 0.1) is 30.1 Å². The van der Waals surface area contributed by atoms with Crippen LogP contribution in [0.25, 0.3) is 0 Å². The second kappa shape index (κ2) is 7.64. The lowest BCUT2D eigenvalue weighted by Crippen LogP contribution is -2.43.